The molecule has 0 radical (unpaired) electrons. The van der Waals surface area contributed by atoms with E-state index >= 15 is 0 Å². The van der Waals surface area contributed by atoms with E-state index in [2.05, 4.69) is 16.4 Å². The number of hydrogen-bond acceptors (Lipinski definition) is 4. The Morgan fingerprint density at radius 3 is 2.81 bits per heavy atom. The fourth-order valence-corrected chi connectivity index (χ4v) is 3.54. The summed E-state index contributed by atoms with van der Waals surface area (Å²) in [5.41, 5.74) is 3.37. The van der Waals surface area contributed by atoms with Gasteiger partial charge in [0.1, 0.15) is 12.4 Å². The lowest BCUT2D eigenvalue weighted by Gasteiger charge is -2.44. The number of nitrogens with one attached hydrogen (secondary N) is 1. The summed E-state index contributed by atoms with van der Waals surface area (Å²) in [6.07, 6.45) is 5.62. The molecule has 5 heteroatoms. The van der Waals surface area contributed by atoms with Gasteiger partial charge in [-0.3, -0.25) is 0 Å². The average molecular weight is 349 g/mol. The molecule has 2 heterocycles. The Morgan fingerprint density at radius 1 is 1.27 bits per heavy atom. The number of rotatable bonds is 4. The Bertz CT molecular complexity index is 896. The third kappa shape index (κ3) is 3.33. The topological polar surface area (TPSA) is 57.9 Å². The van der Waals surface area contributed by atoms with Gasteiger partial charge in [-0.05, 0) is 48.4 Å². The van der Waals surface area contributed by atoms with Crippen molar-refractivity contribution in [3.8, 4) is 11.9 Å². The first kappa shape index (κ1) is 16.7. The van der Waals surface area contributed by atoms with Crippen LogP contribution in [0.5, 0.6) is 5.88 Å². The van der Waals surface area contributed by atoms with Gasteiger partial charge >= 0.3 is 0 Å². The van der Waals surface area contributed by atoms with E-state index in [4.69, 9.17) is 10.00 Å². The maximum atomic E-state index is 14.0. The number of hydrogen-bond donors (Lipinski definition) is 1. The monoisotopic (exact) mass is 349 g/mol. The lowest BCUT2D eigenvalue weighted by Crippen LogP contribution is -2.53. The lowest BCUT2D eigenvalue weighted by atomic mass is 9.70. The minimum Gasteiger partial charge on any atom is -0.473 e. The van der Waals surface area contributed by atoms with Gasteiger partial charge in [-0.1, -0.05) is 18.2 Å². The van der Waals surface area contributed by atoms with Crippen molar-refractivity contribution < 1.29 is 9.13 Å². The van der Waals surface area contributed by atoms with Crippen LogP contribution in [-0.2, 0) is 6.61 Å². The SMILES string of the molecule is N#Cc1ccc(COc2cccc(C3=CCC4(CC3)CNC4)n2)c(F)c1. The number of halogens is 1. The predicted octanol–water partition coefficient (Wildman–Crippen LogP) is 3.83. The molecule has 1 aliphatic carbocycles. The number of pyridine rings is 1. The standard InChI is InChI=1S/C21H20FN3O/c22-18-10-15(11-23)4-5-17(18)12-26-20-3-1-2-19(25-20)16-6-8-21(9-7-16)13-24-14-21/h1-6,10,24H,7-9,12-14H2. The van der Waals surface area contributed by atoms with Gasteiger partial charge in [0.05, 0.1) is 17.3 Å². The van der Waals surface area contributed by atoms with E-state index in [0.29, 0.717) is 22.4 Å². The highest BCUT2D eigenvalue weighted by Gasteiger charge is 2.37. The number of allylic oxidation sites excluding steroid dienone is 2. The second-order valence-electron chi connectivity index (χ2n) is 7.10. The molecule has 1 saturated heterocycles. The van der Waals surface area contributed by atoms with E-state index in [1.165, 1.54) is 18.1 Å². The largest absolute Gasteiger partial charge is 0.473 e. The van der Waals surface area contributed by atoms with E-state index in [1.54, 1.807) is 18.2 Å². The molecule has 4 nitrogen and oxygen atoms in total. The van der Waals surface area contributed by atoms with Crippen LogP contribution < -0.4 is 10.1 Å². The summed E-state index contributed by atoms with van der Waals surface area (Å²) in [5, 5.41) is 12.2. The van der Waals surface area contributed by atoms with E-state index < -0.39 is 5.82 Å². The van der Waals surface area contributed by atoms with Gasteiger partial charge in [0.2, 0.25) is 5.88 Å². The molecule has 1 spiro atoms. The van der Waals surface area contributed by atoms with E-state index in [0.717, 1.165) is 31.6 Å². The van der Waals surface area contributed by atoms with E-state index in [1.807, 2.05) is 18.2 Å². The van der Waals surface area contributed by atoms with Crippen molar-refractivity contribution in [3.05, 3.63) is 65.1 Å². The molecule has 132 valence electrons. The highest BCUT2D eigenvalue weighted by Crippen LogP contribution is 2.41. The van der Waals surface area contributed by atoms with Crippen LogP contribution in [0, 0.1) is 22.6 Å². The summed E-state index contributed by atoms with van der Waals surface area (Å²) in [7, 11) is 0. The van der Waals surface area contributed by atoms with Crippen LogP contribution in [0.2, 0.25) is 0 Å². The van der Waals surface area contributed by atoms with Crippen LogP contribution in [0.4, 0.5) is 4.39 Å². The average Bonchev–Trinajstić information content (AvgIpc) is 2.66. The second-order valence-corrected chi connectivity index (χ2v) is 7.10. The third-order valence-corrected chi connectivity index (χ3v) is 5.32. The summed E-state index contributed by atoms with van der Waals surface area (Å²) in [4.78, 5) is 4.59. The number of nitrogens with zero attached hydrogens (tertiary/aromatic N) is 2. The van der Waals surface area contributed by atoms with Crippen molar-refractivity contribution in [2.24, 2.45) is 5.41 Å². The van der Waals surface area contributed by atoms with Gasteiger partial charge in [-0.2, -0.15) is 5.26 Å². The first-order chi connectivity index (χ1) is 12.7. The molecule has 0 amide bonds. The third-order valence-electron chi connectivity index (χ3n) is 5.32. The maximum absolute atomic E-state index is 14.0. The van der Waals surface area contributed by atoms with Gasteiger partial charge in [0.25, 0.3) is 0 Å². The predicted molar refractivity (Wildman–Crippen MR) is 96.8 cm³/mol. The first-order valence-electron chi connectivity index (χ1n) is 8.86. The summed E-state index contributed by atoms with van der Waals surface area (Å²) >= 11 is 0. The molecule has 2 aromatic rings. The Kier molecular flexibility index (Phi) is 4.44. The fraction of sp³-hybridized carbons (Fsp3) is 0.333. The van der Waals surface area contributed by atoms with Crippen LogP contribution in [-0.4, -0.2) is 18.1 Å². The zero-order valence-corrected chi connectivity index (χ0v) is 14.5. The van der Waals surface area contributed by atoms with Crippen LogP contribution >= 0.6 is 0 Å². The van der Waals surface area contributed by atoms with E-state index in [-0.39, 0.29) is 6.61 Å². The molecule has 0 unspecified atom stereocenters. The molecule has 1 fully saturated rings. The van der Waals surface area contributed by atoms with Gasteiger partial charge in [-0.15, -0.1) is 0 Å². The molecular weight excluding hydrogens is 329 g/mol. The van der Waals surface area contributed by atoms with Crippen molar-refractivity contribution in [2.75, 3.05) is 13.1 Å². The van der Waals surface area contributed by atoms with E-state index in [9.17, 15) is 4.39 Å². The zero-order valence-electron chi connectivity index (χ0n) is 14.5. The number of benzene rings is 1. The van der Waals surface area contributed by atoms with Crippen LogP contribution in [0.15, 0.2) is 42.5 Å². The number of nitriles is 1. The van der Waals surface area contributed by atoms with Gasteiger partial charge in [0.15, 0.2) is 0 Å². The molecule has 1 aromatic carbocycles. The summed E-state index contributed by atoms with van der Waals surface area (Å²) in [6, 6.07) is 12.0. The summed E-state index contributed by atoms with van der Waals surface area (Å²) in [5.74, 6) is 0.0485. The van der Waals surface area contributed by atoms with Gasteiger partial charge < -0.3 is 10.1 Å². The quantitative estimate of drug-likeness (QED) is 0.911. The van der Waals surface area contributed by atoms with Gasteiger partial charge in [0, 0.05) is 24.7 Å². The Labute approximate surface area is 152 Å². The van der Waals surface area contributed by atoms with Crippen LogP contribution in [0.25, 0.3) is 5.57 Å². The Balaban J connectivity index is 1.44. The molecule has 0 atom stereocenters. The fourth-order valence-electron chi connectivity index (χ4n) is 3.54. The first-order valence-corrected chi connectivity index (χ1v) is 8.86. The Morgan fingerprint density at radius 2 is 2.15 bits per heavy atom. The lowest BCUT2D eigenvalue weighted by molar-refractivity contribution is 0.153. The zero-order chi connectivity index (χ0) is 18.0. The number of aromatic nitrogens is 1. The molecule has 26 heavy (non-hydrogen) atoms. The van der Waals surface area contributed by atoms with Crippen molar-refractivity contribution in [2.45, 2.75) is 25.9 Å². The molecular formula is C21H20FN3O. The molecule has 0 saturated carbocycles. The van der Waals surface area contributed by atoms with Crippen molar-refractivity contribution in [1.82, 2.24) is 10.3 Å². The number of ether oxygens (including phenoxy) is 1. The van der Waals surface area contributed by atoms with Crippen LogP contribution in [0.1, 0.15) is 36.1 Å². The van der Waals surface area contributed by atoms with Crippen LogP contribution in [0.3, 0.4) is 0 Å². The summed E-state index contributed by atoms with van der Waals surface area (Å²) in [6.45, 7) is 2.31. The normalized spacial score (nSPS) is 17.9. The highest BCUT2D eigenvalue weighted by atomic mass is 19.1. The minimum absolute atomic E-state index is 0.0851. The Hall–Kier alpha value is -2.71. The molecule has 0 bridgehead atoms. The molecule has 4 rings (SSSR count). The molecule has 1 N–H and O–H groups in total. The highest BCUT2D eigenvalue weighted by molar-refractivity contribution is 5.64. The second kappa shape index (κ2) is 6.89. The maximum Gasteiger partial charge on any atom is 0.214 e. The molecule has 1 aromatic heterocycles. The molecule has 1 aliphatic heterocycles. The summed E-state index contributed by atoms with van der Waals surface area (Å²) < 4.78 is 19.6. The molecule has 2 aliphatic rings. The minimum atomic E-state index is -0.436. The van der Waals surface area contributed by atoms with Gasteiger partial charge in [-0.25, -0.2) is 9.37 Å². The smallest absolute Gasteiger partial charge is 0.214 e. The van der Waals surface area contributed by atoms with Crippen molar-refractivity contribution in [1.29, 1.82) is 5.26 Å². The van der Waals surface area contributed by atoms with Crippen molar-refractivity contribution >= 4 is 5.57 Å². The van der Waals surface area contributed by atoms with Crippen molar-refractivity contribution in [3.63, 3.8) is 0 Å².